The molecular formula is C24H26O3. The molecule has 140 valence electrons. The highest BCUT2D eigenvalue weighted by molar-refractivity contribution is 5.52. The molecule has 3 nitrogen and oxygen atoms in total. The number of ether oxygens (including phenoxy) is 2. The largest absolute Gasteiger partial charge is 0.507 e. The Balaban J connectivity index is 1.92. The summed E-state index contributed by atoms with van der Waals surface area (Å²) in [5.41, 5.74) is 5.83. The van der Waals surface area contributed by atoms with Crippen LogP contribution in [0.5, 0.6) is 28.7 Å². The second-order valence-corrected chi connectivity index (χ2v) is 7.22. The van der Waals surface area contributed by atoms with Crippen LogP contribution in [-0.4, -0.2) is 5.11 Å². The summed E-state index contributed by atoms with van der Waals surface area (Å²) in [5.74, 6) is 3.54. The van der Waals surface area contributed by atoms with Gasteiger partial charge in [0.25, 0.3) is 0 Å². The first-order valence-electron chi connectivity index (χ1n) is 9.09. The Bertz CT molecular complexity index is 936. The summed E-state index contributed by atoms with van der Waals surface area (Å²) in [6, 6.07) is 13.8. The summed E-state index contributed by atoms with van der Waals surface area (Å²) in [5, 5.41) is 9.96. The van der Waals surface area contributed by atoms with Crippen LogP contribution in [0.15, 0.2) is 42.5 Å². The lowest BCUT2D eigenvalue weighted by molar-refractivity contribution is 0.450. The van der Waals surface area contributed by atoms with Gasteiger partial charge in [-0.1, -0.05) is 18.2 Å². The SMILES string of the molecule is Cc1cc(Oc2c(C)cc(Oc3c(C)cccc3C)cc2C)cc(C)c1O. The van der Waals surface area contributed by atoms with Gasteiger partial charge >= 0.3 is 0 Å². The number of para-hydroxylation sites is 1. The van der Waals surface area contributed by atoms with E-state index in [1.807, 2.05) is 58.0 Å². The fourth-order valence-electron chi connectivity index (χ4n) is 3.30. The number of aromatic hydroxyl groups is 1. The van der Waals surface area contributed by atoms with Gasteiger partial charge in [-0.15, -0.1) is 0 Å². The third kappa shape index (κ3) is 3.92. The number of benzene rings is 3. The van der Waals surface area contributed by atoms with Crippen LogP contribution in [0, 0.1) is 41.5 Å². The molecule has 0 aliphatic rings. The second kappa shape index (κ2) is 7.36. The lowest BCUT2D eigenvalue weighted by Gasteiger charge is -2.17. The number of phenols is 1. The molecule has 0 unspecified atom stereocenters. The number of phenolic OH excluding ortho intramolecular Hbond substituents is 1. The van der Waals surface area contributed by atoms with Gasteiger partial charge in [0.05, 0.1) is 0 Å². The van der Waals surface area contributed by atoms with Gasteiger partial charge in [-0.05, 0) is 99.2 Å². The lowest BCUT2D eigenvalue weighted by Crippen LogP contribution is -1.96. The highest BCUT2D eigenvalue weighted by Gasteiger charge is 2.12. The van der Waals surface area contributed by atoms with E-state index in [1.165, 1.54) is 0 Å². The molecule has 0 atom stereocenters. The maximum atomic E-state index is 9.96. The highest BCUT2D eigenvalue weighted by Crippen LogP contribution is 2.37. The van der Waals surface area contributed by atoms with Crippen LogP contribution in [-0.2, 0) is 0 Å². The average Bonchev–Trinajstić information content (AvgIpc) is 2.59. The van der Waals surface area contributed by atoms with Gasteiger partial charge < -0.3 is 14.6 Å². The van der Waals surface area contributed by atoms with E-state index in [4.69, 9.17) is 9.47 Å². The lowest BCUT2D eigenvalue weighted by atomic mass is 10.1. The van der Waals surface area contributed by atoms with E-state index in [9.17, 15) is 5.11 Å². The fraction of sp³-hybridized carbons (Fsp3) is 0.250. The summed E-state index contributed by atoms with van der Waals surface area (Å²) < 4.78 is 12.3. The first kappa shape index (κ1) is 18.8. The minimum atomic E-state index is 0.313. The van der Waals surface area contributed by atoms with Gasteiger partial charge in [-0.25, -0.2) is 0 Å². The molecule has 3 rings (SSSR count). The first-order chi connectivity index (χ1) is 12.8. The van der Waals surface area contributed by atoms with Crippen LogP contribution < -0.4 is 9.47 Å². The number of rotatable bonds is 4. The zero-order valence-corrected chi connectivity index (χ0v) is 16.8. The smallest absolute Gasteiger partial charge is 0.133 e. The summed E-state index contributed by atoms with van der Waals surface area (Å²) >= 11 is 0. The minimum absolute atomic E-state index is 0.313. The molecule has 27 heavy (non-hydrogen) atoms. The predicted octanol–water partition coefficient (Wildman–Crippen LogP) is 6.83. The van der Waals surface area contributed by atoms with E-state index < -0.39 is 0 Å². The Morgan fingerprint density at radius 2 is 0.926 bits per heavy atom. The Morgan fingerprint density at radius 1 is 0.556 bits per heavy atom. The topological polar surface area (TPSA) is 38.7 Å². The van der Waals surface area contributed by atoms with E-state index in [1.54, 1.807) is 0 Å². The van der Waals surface area contributed by atoms with Crippen molar-refractivity contribution < 1.29 is 14.6 Å². The van der Waals surface area contributed by atoms with E-state index in [0.29, 0.717) is 5.75 Å². The Labute approximate surface area is 161 Å². The molecule has 3 heteroatoms. The van der Waals surface area contributed by atoms with Gasteiger partial charge in [0.15, 0.2) is 0 Å². The Hall–Kier alpha value is -2.94. The molecule has 1 N–H and O–H groups in total. The van der Waals surface area contributed by atoms with Gasteiger partial charge in [0.2, 0.25) is 0 Å². The fourth-order valence-corrected chi connectivity index (χ4v) is 3.30. The van der Waals surface area contributed by atoms with E-state index in [0.717, 1.165) is 56.4 Å². The third-order valence-electron chi connectivity index (χ3n) is 4.75. The third-order valence-corrected chi connectivity index (χ3v) is 4.75. The molecule has 0 radical (unpaired) electrons. The molecule has 0 amide bonds. The molecule has 0 bridgehead atoms. The van der Waals surface area contributed by atoms with E-state index in [-0.39, 0.29) is 0 Å². The first-order valence-corrected chi connectivity index (χ1v) is 9.09. The zero-order valence-electron chi connectivity index (χ0n) is 16.8. The quantitative estimate of drug-likeness (QED) is 0.553. The van der Waals surface area contributed by atoms with Gasteiger partial charge in [0, 0.05) is 0 Å². The van der Waals surface area contributed by atoms with Gasteiger partial charge in [-0.2, -0.15) is 0 Å². The highest BCUT2D eigenvalue weighted by atomic mass is 16.5. The molecule has 0 aromatic heterocycles. The molecule has 0 saturated heterocycles. The maximum absolute atomic E-state index is 9.96. The molecule has 0 aliphatic carbocycles. The standard InChI is InChI=1S/C24H26O3/c1-14-8-7-9-15(2)23(14)26-21-12-18(5)24(19(6)13-21)27-20-10-16(3)22(25)17(4)11-20/h7-13,25H,1-6H3. The molecule has 0 heterocycles. The Morgan fingerprint density at radius 3 is 1.37 bits per heavy atom. The van der Waals surface area contributed by atoms with Crippen molar-refractivity contribution in [2.24, 2.45) is 0 Å². The molecule has 0 spiro atoms. The van der Waals surface area contributed by atoms with Crippen molar-refractivity contribution in [3.63, 3.8) is 0 Å². The summed E-state index contributed by atoms with van der Waals surface area (Å²) in [4.78, 5) is 0. The molecule has 3 aromatic carbocycles. The summed E-state index contributed by atoms with van der Waals surface area (Å²) in [6.07, 6.45) is 0. The maximum Gasteiger partial charge on any atom is 0.133 e. The predicted molar refractivity (Wildman–Crippen MR) is 110 cm³/mol. The number of hydrogen-bond acceptors (Lipinski definition) is 3. The van der Waals surface area contributed by atoms with Crippen molar-refractivity contribution in [2.45, 2.75) is 41.5 Å². The van der Waals surface area contributed by atoms with Crippen molar-refractivity contribution in [3.05, 3.63) is 75.8 Å². The van der Waals surface area contributed by atoms with Crippen molar-refractivity contribution in [1.29, 1.82) is 0 Å². The molecule has 3 aromatic rings. The van der Waals surface area contributed by atoms with E-state index in [2.05, 4.69) is 26.0 Å². The average molecular weight is 362 g/mol. The van der Waals surface area contributed by atoms with Crippen LogP contribution in [0.25, 0.3) is 0 Å². The number of aryl methyl sites for hydroxylation is 6. The van der Waals surface area contributed by atoms with Crippen LogP contribution >= 0.6 is 0 Å². The van der Waals surface area contributed by atoms with Crippen molar-refractivity contribution in [3.8, 4) is 28.7 Å². The van der Waals surface area contributed by atoms with Crippen LogP contribution in [0.4, 0.5) is 0 Å². The Kier molecular flexibility index (Phi) is 5.13. The van der Waals surface area contributed by atoms with Crippen molar-refractivity contribution in [1.82, 2.24) is 0 Å². The number of hydrogen-bond donors (Lipinski definition) is 1. The van der Waals surface area contributed by atoms with Gasteiger partial charge in [-0.3, -0.25) is 0 Å². The van der Waals surface area contributed by atoms with Gasteiger partial charge in [0.1, 0.15) is 28.7 Å². The summed E-state index contributed by atoms with van der Waals surface area (Å²) in [6.45, 7) is 11.9. The molecule has 0 fully saturated rings. The molecular weight excluding hydrogens is 336 g/mol. The second-order valence-electron chi connectivity index (χ2n) is 7.22. The van der Waals surface area contributed by atoms with Crippen LogP contribution in [0.2, 0.25) is 0 Å². The summed E-state index contributed by atoms with van der Waals surface area (Å²) in [7, 11) is 0. The minimum Gasteiger partial charge on any atom is -0.507 e. The van der Waals surface area contributed by atoms with Crippen molar-refractivity contribution in [2.75, 3.05) is 0 Å². The van der Waals surface area contributed by atoms with Crippen molar-refractivity contribution >= 4 is 0 Å². The normalized spacial score (nSPS) is 10.7. The van der Waals surface area contributed by atoms with Crippen LogP contribution in [0.3, 0.4) is 0 Å². The zero-order chi connectivity index (χ0) is 19.7. The monoisotopic (exact) mass is 362 g/mol. The van der Waals surface area contributed by atoms with Crippen LogP contribution in [0.1, 0.15) is 33.4 Å². The molecule has 0 aliphatic heterocycles. The van der Waals surface area contributed by atoms with E-state index >= 15 is 0 Å². The molecule has 0 saturated carbocycles.